The zero-order chi connectivity index (χ0) is 24.0. The average molecular weight is 466 g/mol. The van der Waals surface area contributed by atoms with Crippen LogP contribution in [0.5, 0.6) is 5.75 Å². The lowest BCUT2D eigenvalue weighted by atomic mass is 10.2. The van der Waals surface area contributed by atoms with E-state index in [2.05, 4.69) is 4.98 Å². The van der Waals surface area contributed by atoms with Crippen molar-refractivity contribution in [3.63, 3.8) is 0 Å². The van der Waals surface area contributed by atoms with Crippen molar-refractivity contribution in [1.82, 2.24) is 9.55 Å². The maximum atomic E-state index is 13.6. The van der Waals surface area contributed by atoms with E-state index in [0.29, 0.717) is 31.3 Å². The van der Waals surface area contributed by atoms with Crippen LogP contribution < -0.4 is 9.64 Å². The summed E-state index contributed by atoms with van der Waals surface area (Å²) < 4.78 is 22.0. The molecule has 0 bridgehead atoms. The Morgan fingerprint density at radius 1 is 0.857 bits per heavy atom. The summed E-state index contributed by atoms with van der Waals surface area (Å²) in [5.41, 5.74) is 3.76. The highest BCUT2D eigenvalue weighted by Gasteiger charge is 2.24. The molecule has 0 aliphatic heterocycles. The minimum absolute atomic E-state index is 0.288. The molecule has 3 aromatic carbocycles. The van der Waals surface area contributed by atoms with Gasteiger partial charge in [0.2, 0.25) is 6.41 Å². The van der Waals surface area contributed by atoms with Gasteiger partial charge in [0.15, 0.2) is 11.6 Å². The van der Waals surface area contributed by atoms with Crippen molar-refractivity contribution in [1.29, 1.82) is 0 Å². The monoisotopic (exact) mass is 465 g/mol. The molecule has 0 atom stereocenters. The topological polar surface area (TPSA) is 47.4 Å². The summed E-state index contributed by atoms with van der Waals surface area (Å²) in [5, 5.41) is 0.901. The first-order valence-corrected chi connectivity index (χ1v) is 11.4. The molecule has 174 valence electrons. The molecule has 0 aliphatic rings. The summed E-state index contributed by atoms with van der Waals surface area (Å²) in [4.78, 5) is 18.3. The number of hydrogen-bond acceptors (Lipinski definition) is 3. The van der Waals surface area contributed by atoms with Crippen molar-refractivity contribution in [2.24, 2.45) is 0 Å². The van der Waals surface area contributed by atoms with E-state index in [9.17, 15) is 9.18 Å². The van der Waals surface area contributed by atoms with Gasteiger partial charge in [-0.2, -0.15) is 0 Å². The maximum Gasteiger partial charge on any atom is 0.215 e. The van der Waals surface area contributed by atoms with Gasteiger partial charge in [0.05, 0.1) is 12.1 Å². The highest BCUT2D eigenvalue weighted by atomic mass is 19.1. The quantitative estimate of drug-likeness (QED) is 0.252. The fourth-order valence-electron chi connectivity index (χ4n) is 4.20. The van der Waals surface area contributed by atoms with Crippen molar-refractivity contribution in [3.8, 4) is 5.75 Å². The molecule has 0 N–H and O–H groups in total. The molecule has 0 spiro atoms. The fourth-order valence-corrected chi connectivity index (χ4v) is 4.20. The van der Waals surface area contributed by atoms with Gasteiger partial charge in [0.25, 0.3) is 0 Å². The van der Waals surface area contributed by atoms with Crippen LogP contribution in [-0.4, -0.2) is 16.0 Å². The van der Waals surface area contributed by atoms with Gasteiger partial charge in [-0.25, -0.2) is 4.39 Å². The molecule has 0 fully saturated rings. The van der Waals surface area contributed by atoms with Crippen LogP contribution in [0.4, 0.5) is 10.2 Å². The number of halogens is 1. The predicted octanol–water partition coefficient (Wildman–Crippen LogP) is 5.97. The van der Waals surface area contributed by atoms with E-state index in [0.717, 1.165) is 34.0 Å². The van der Waals surface area contributed by atoms with Gasteiger partial charge in [-0.3, -0.25) is 14.7 Å². The number of benzene rings is 3. The molecule has 5 rings (SSSR count). The Morgan fingerprint density at radius 3 is 2.34 bits per heavy atom. The molecular formula is C29H24FN3O2. The van der Waals surface area contributed by atoms with Gasteiger partial charge >= 0.3 is 0 Å². The smallest absolute Gasteiger partial charge is 0.215 e. The predicted molar refractivity (Wildman–Crippen MR) is 135 cm³/mol. The average Bonchev–Trinajstić information content (AvgIpc) is 3.21. The lowest BCUT2D eigenvalue weighted by molar-refractivity contribution is -0.107. The number of nitrogens with zero attached hydrogens (tertiary/aromatic N) is 3. The lowest BCUT2D eigenvalue weighted by Crippen LogP contribution is -2.24. The van der Waals surface area contributed by atoms with Gasteiger partial charge in [-0.15, -0.1) is 0 Å². The number of pyridine rings is 1. The highest BCUT2D eigenvalue weighted by Crippen LogP contribution is 2.41. The van der Waals surface area contributed by atoms with Crippen LogP contribution >= 0.6 is 0 Å². The number of aromatic nitrogens is 2. The van der Waals surface area contributed by atoms with Crippen molar-refractivity contribution in [3.05, 3.63) is 126 Å². The summed E-state index contributed by atoms with van der Waals surface area (Å²) >= 11 is 0. The number of hydrogen-bond donors (Lipinski definition) is 0. The van der Waals surface area contributed by atoms with Crippen LogP contribution in [-0.2, 0) is 24.5 Å². The first-order valence-electron chi connectivity index (χ1n) is 11.4. The molecule has 5 aromatic rings. The molecule has 0 saturated heterocycles. The number of carbonyl (C=O) groups excluding carboxylic acids is 1. The van der Waals surface area contributed by atoms with Crippen molar-refractivity contribution in [2.75, 3.05) is 4.90 Å². The van der Waals surface area contributed by atoms with Gasteiger partial charge < -0.3 is 9.30 Å². The van der Waals surface area contributed by atoms with E-state index in [1.807, 2.05) is 71.3 Å². The summed E-state index contributed by atoms with van der Waals surface area (Å²) in [6, 6.07) is 28.0. The van der Waals surface area contributed by atoms with Crippen molar-refractivity contribution < 1.29 is 13.9 Å². The van der Waals surface area contributed by atoms with E-state index in [-0.39, 0.29) is 5.82 Å². The van der Waals surface area contributed by atoms with Crippen LogP contribution in [0.3, 0.4) is 0 Å². The Hall–Kier alpha value is -4.45. The van der Waals surface area contributed by atoms with Crippen LogP contribution in [0.1, 0.15) is 16.7 Å². The largest absolute Gasteiger partial charge is 0.484 e. The van der Waals surface area contributed by atoms with Crippen LogP contribution in [0.15, 0.2) is 103 Å². The number of para-hydroxylation sites is 1. The van der Waals surface area contributed by atoms with Crippen LogP contribution in [0.2, 0.25) is 0 Å². The first kappa shape index (κ1) is 22.3. The van der Waals surface area contributed by atoms with E-state index >= 15 is 0 Å². The maximum absolute atomic E-state index is 13.6. The summed E-state index contributed by atoms with van der Waals surface area (Å²) in [6.07, 6.45) is 4.26. The zero-order valence-electron chi connectivity index (χ0n) is 19.0. The van der Waals surface area contributed by atoms with E-state index in [1.54, 1.807) is 29.4 Å². The number of amides is 1. The fraction of sp³-hybridized carbons (Fsp3) is 0.103. The second kappa shape index (κ2) is 10.2. The van der Waals surface area contributed by atoms with E-state index < -0.39 is 0 Å². The van der Waals surface area contributed by atoms with Gasteiger partial charge in [0, 0.05) is 24.3 Å². The third-order valence-electron chi connectivity index (χ3n) is 5.85. The Balaban J connectivity index is 1.63. The van der Waals surface area contributed by atoms with Crippen molar-refractivity contribution >= 4 is 23.1 Å². The molecule has 2 aromatic heterocycles. The normalized spacial score (nSPS) is 10.9. The number of fused-ring (bicyclic) bond motifs is 1. The Bertz CT molecular complexity index is 1420. The Kier molecular flexibility index (Phi) is 6.52. The number of carbonyl (C=O) groups is 1. The molecule has 0 saturated carbocycles. The molecule has 2 heterocycles. The molecule has 0 unspecified atom stereocenters. The summed E-state index contributed by atoms with van der Waals surface area (Å²) in [6.45, 7) is 1.14. The SMILES string of the molecule is O=CN(Cc1cccnc1)c1c(OCc2ccccc2)c2ccccc2n1Cc1ccc(F)cc1. The minimum atomic E-state index is -0.288. The van der Waals surface area contributed by atoms with Gasteiger partial charge in [-0.05, 0) is 47.0 Å². The molecule has 6 heteroatoms. The third-order valence-corrected chi connectivity index (χ3v) is 5.85. The molecule has 1 amide bonds. The number of anilines is 1. The lowest BCUT2D eigenvalue weighted by Gasteiger charge is -2.22. The molecule has 0 radical (unpaired) electrons. The Morgan fingerprint density at radius 2 is 1.60 bits per heavy atom. The van der Waals surface area contributed by atoms with Crippen LogP contribution in [0.25, 0.3) is 10.9 Å². The standard InChI is InChI=1S/C29H24FN3O2/c30-25-14-12-22(13-15-25)19-33-27-11-5-4-10-26(27)28(35-20-23-7-2-1-3-8-23)29(33)32(21-34)18-24-9-6-16-31-17-24/h1-17,21H,18-20H2. The van der Waals surface area contributed by atoms with Gasteiger partial charge in [-0.1, -0.05) is 60.7 Å². The second-order valence-corrected chi connectivity index (χ2v) is 8.25. The molecule has 5 nitrogen and oxygen atoms in total. The second-order valence-electron chi connectivity index (χ2n) is 8.25. The first-order chi connectivity index (χ1) is 17.2. The van der Waals surface area contributed by atoms with Crippen LogP contribution in [0, 0.1) is 5.82 Å². The highest BCUT2D eigenvalue weighted by molar-refractivity contribution is 5.96. The molecular weight excluding hydrogens is 441 g/mol. The summed E-state index contributed by atoms with van der Waals surface area (Å²) in [7, 11) is 0. The molecule has 35 heavy (non-hydrogen) atoms. The van der Waals surface area contributed by atoms with E-state index in [4.69, 9.17) is 4.74 Å². The number of ether oxygens (including phenoxy) is 1. The van der Waals surface area contributed by atoms with Gasteiger partial charge in [0.1, 0.15) is 12.4 Å². The molecule has 0 aliphatic carbocycles. The summed E-state index contributed by atoms with van der Waals surface area (Å²) in [5.74, 6) is 0.984. The Labute approximate surface area is 203 Å². The third kappa shape index (κ3) is 4.92. The minimum Gasteiger partial charge on any atom is -0.484 e. The van der Waals surface area contributed by atoms with Crippen molar-refractivity contribution in [2.45, 2.75) is 19.7 Å². The van der Waals surface area contributed by atoms with E-state index in [1.165, 1.54) is 12.1 Å². The number of rotatable bonds is 9. The zero-order valence-corrected chi connectivity index (χ0v) is 19.0.